The molecule has 0 spiro atoms. The van der Waals surface area contributed by atoms with E-state index in [1.807, 2.05) is 20.2 Å². The van der Waals surface area contributed by atoms with Crippen molar-refractivity contribution in [3.8, 4) is 5.88 Å². The molecule has 3 rings (SSSR count). The summed E-state index contributed by atoms with van der Waals surface area (Å²) in [5.41, 5.74) is 4.60. The van der Waals surface area contributed by atoms with E-state index in [4.69, 9.17) is 17.0 Å². The molecule has 0 saturated carbocycles. The van der Waals surface area contributed by atoms with Crippen LogP contribution in [0.3, 0.4) is 0 Å². The summed E-state index contributed by atoms with van der Waals surface area (Å²) in [5.74, 6) is 0.837. The molecule has 2 aromatic heterocycles. The number of nitrogens with zero attached hydrogens (tertiary/aromatic N) is 4. The second-order valence-electron chi connectivity index (χ2n) is 5.35. The topological polar surface area (TPSA) is 59.0 Å². The molecule has 1 aliphatic heterocycles. The molecule has 6 nitrogen and oxygen atoms in total. The van der Waals surface area contributed by atoms with Gasteiger partial charge in [0.05, 0.1) is 18.4 Å². The highest BCUT2D eigenvalue weighted by molar-refractivity contribution is 7.71. The number of aromatic nitrogens is 4. The zero-order valence-corrected chi connectivity index (χ0v) is 13.3. The lowest BCUT2D eigenvalue weighted by Gasteiger charge is -2.28. The first-order valence-corrected chi connectivity index (χ1v) is 7.35. The van der Waals surface area contributed by atoms with Crippen molar-refractivity contribution < 1.29 is 4.74 Å². The Kier molecular flexibility index (Phi) is 3.77. The predicted molar refractivity (Wildman–Crippen MR) is 81.7 cm³/mol. The molecule has 2 aromatic rings. The van der Waals surface area contributed by atoms with Crippen molar-refractivity contribution in [2.45, 2.75) is 26.4 Å². The van der Waals surface area contributed by atoms with E-state index < -0.39 is 0 Å². The maximum absolute atomic E-state index is 5.47. The molecule has 0 bridgehead atoms. The second-order valence-corrected chi connectivity index (χ2v) is 5.74. The molecule has 112 valence electrons. The molecule has 1 aliphatic rings. The largest absolute Gasteiger partial charge is 0.481 e. The van der Waals surface area contributed by atoms with Crippen LogP contribution in [-0.2, 0) is 26.6 Å². The number of aryl methyl sites for hydroxylation is 2. The summed E-state index contributed by atoms with van der Waals surface area (Å²) < 4.78 is 7.82. The Hall–Kier alpha value is -1.73. The van der Waals surface area contributed by atoms with Crippen molar-refractivity contribution in [1.82, 2.24) is 24.6 Å². The molecular weight excluding hydrogens is 286 g/mol. The van der Waals surface area contributed by atoms with Crippen LogP contribution in [0.15, 0.2) is 6.20 Å². The van der Waals surface area contributed by atoms with Gasteiger partial charge in [-0.05, 0) is 19.1 Å². The van der Waals surface area contributed by atoms with Crippen LogP contribution in [0.2, 0.25) is 0 Å². The van der Waals surface area contributed by atoms with Crippen LogP contribution in [-0.4, -0.2) is 38.3 Å². The first-order chi connectivity index (χ1) is 10.1. The van der Waals surface area contributed by atoms with Gasteiger partial charge in [0, 0.05) is 50.6 Å². The number of ether oxygens (including phenoxy) is 1. The molecule has 0 atom stereocenters. The first-order valence-electron chi connectivity index (χ1n) is 6.94. The fourth-order valence-electron chi connectivity index (χ4n) is 2.88. The van der Waals surface area contributed by atoms with Crippen LogP contribution in [0.4, 0.5) is 0 Å². The Labute approximate surface area is 128 Å². The quantitative estimate of drug-likeness (QED) is 0.876. The van der Waals surface area contributed by atoms with E-state index in [0.717, 1.165) is 43.2 Å². The number of hydrogen-bond donors (Lipinski definition) is 1. The lowest BCUT2D eigenvalue weighted by molar-refractivity contribution is 0.237. The van der Waals surface area contributed by atoms with Gasteiger partial charge in [0.25, 0.3) is 0 Å². The summed E-state index contributed by atoms with van der Waals surface area (Å²) in [6.45, 7) is 4.71. The molecule has 0 aliphatic carbocycles. The van der Waals surface area contributed by atoms with Crippen LogP contribution in [0.5, 0.6) is 5.88 Å². The molecule has 0 aromatic carbocycles. The summed E-state index contributed by atoms with van der Waals surface area (Å²) in [4.78, 5) is 9.75. The van der Waals surface area contributed by atoms with Gasteiger partial charge < -0.3 is 9.72 Å². The highest BCUT2D eigenvalue weighted by Crippen LogP contribution is 2.25. The SMILES string of the molecule is COc1c(CN2CCc3[nH]c(=S)ncc3C2)c(C)nn1C. The third-order valence-electron chi connectivity index (χ3n) is 3.92. The van der Waals surface area contributed by atoms with E-state index in [-0.39, 0.29) is 0 Å². The molecular formula is C14H19N5OS. The monoisotopic (exact) mass is 305 g/mol. The van der Waals surface area contributed by atoms with E-state index in [0.29, 0.717) is 4.77 Å². The van der Waals surface area contributed by atoms with Gasteiger partial charge in [-0.15, -0.1) is 0 Å². The van der Waals surface area contributed by atoms with Gasteiger partial charge in [-0.3, -0.25) is 4.90 Å². The van der Waals surface area contributed by atoms with Crippen molar-refractivity contribution in [3.05, 3.63) is 33.5 Å². The average molecular weight is 305 g/mol. The number of aromatic amines is 1. The van der Waals surface area contributed by atoms with Gasteiger partial charge in [0.1, 0.15) is 0 Å². The minimum atomic E-state index is 0.562. The fourth-order valence-corrected chi connectivity index (χ4v) is 3.06. The Morgan fingerprint density at radius 3 is 3.05 bits per heavy atom. The van der Waals surface area contributed by atoms with Gasteiger partial charge in [-0.1, -0.05) is 0 Å². The Balaban J connectivity index is 1.82. The number of hydrogen-bond acceptors (Lipinski definition) is 5. The molecule has 1 N–H and O–H groups in total. The molecule has 21 heavy (non-hydrogen) atoms. The second kappa shape index (κ2) is 5.57. The van der Waals surface area contributed by atoms with Gasteiger partial charge in [-0.2, -0.15) is 5.10 Å². The van der Waals surface area contributed by atoms with E-state index in [2.05, 4.69) is 20.0 Å². The predicted octanol–water partition coefficient (Wildman–Crippen LogP) is 1.75. The fraction of sp³-hybridized carbons (Fsp3) is 0.500. The van der Waals surface area contributed by atoms with Crippen LogP contribution in [0.25, 0.3) is 0 Å². The van der Waals surface area contributed by atoms with Crippen molar-refractivity contribution in [3.63, 3.8) is 0 Å². The molecule has 0 radical (unpaired) electrons. The lowest BCUT2D eigenvalue weighted by atomic mass is 10.1. The number of nitrogens with one attached hydrogen (secondary N) is 1. The smallest absolute Gasteiger partial charge is 0.216 e. The number of rotatable bonds is 3. The summed E-state index contributed by atoms with van der Waals surface area (Å²) in [6.07, 6.45) is 2.84. The maximum Gasteiger partial charge on any atom is 0.216 e. The molecule has 0 unspecified atom stereocenters. The zero-order valence-electron chi connectivity index (χ0n) is 12.5. The van der Waals surface area contributed by atoms with Crippen molar-refractivity contribution in [2.24, 2.45) is 7.05 Å². The Bertz CT molecular complexity index is 721. The summed E-state index contributed by atoms with van der Waals surface area (Å²) in [7, 11) is 3.60. The third kappa shape index (κ3) is 2.71. The summed E-state index contributed by atoms with van der Waals surface area (Å²) in [5, 5.41) is 4.44. The lowest BCUT2D eigenvalue weighted by Crippen LogP contribution is -2.31. The summed E-state index contributed by atoms with van der Waals surface area (Å²) >= 11 is 5.08. The summed E-state index contributed by atoms with van der Waals surface area (Å²) in [6, 6.07) is 0. The molecule has 0 amide bonds. The first kappa shape index (κ1) is 14.2. The van der Waals surface area contributed by atoms with Crippen LogP contribution < -0.4 is 4.74 Å². The van der Waals surface area contributed by atoms with Crippen molar-refractivity contribution >= 4 is 12.2 Å². The number of fused-ring (bicyclic) bond motifs is 1. The van der Waals surface area contributed by atoms with Crippen LogP contribution in [0.1, 0.15) is 22.5 Å². The van der Waals surface area contributed by atoms with Gasteiger partial charge in [0.2, 0.25) is 5.88 Å². The highest BCUT2D eigenvalue weighted by Gasteiger charge is 2.21. The minimum Gasteiger partial charge on any atom is -0.481 e. The average Bonchev–Trinajstić information content (AvgIpc) is 2.73. The zero-order chi connectivity index (χ0) is 15.0. The highest BCUT2D eigenvalue weighted by atomic mass is 32.1. The number of H-pyrrole nitrogens is 1. The Morgan fingerprint density at radius 2 is 2.29 bits per heavy atom. The third-order valence-corrected chi connectivity index (χ3v) is 4.13. The van der Waals surface area contributed by atoms with Crippen molar-refractivity contribution in [2.75, 3.05) is 13.7 Å². The van der Waals surface area contributed by atoms with Gasteiger partial charge in [-0.25, -0.2) is 9.67 Å². The van der Waals surface area contributed by atoms with E-state index in [1.54, 1.807) is 11.8 Å². The minimum absolute atomic E-state index is 0.562. The molecule has 0 fully saturated rings. The molecule has 3 heterocycles. The molecule has 0 saturated heterocycles. The van der Waals surface area contributed by atoms with Gasteiger partial charge in [0.15, 0.2) is 4.77 Å². The van der Waals surface area contributed by atoms with Crippen LogP contribution >= 0.6 is 12.2 Å². The van der Waals surface area contributed by atoms with Gasteiger partial charge >= 0.3 is 0 Å². The Morgan fingerprint density at radius 1 is 1.48 bits per heavy atom. The van der Waals surface area contributed by atoms with Crippen LogP contribution in [0, 0.1) is 11.7 Å². The number of methoxy groups -OCH3 is 1. The maximum atomic E-state index is 5.47. The van der Waals surface area contributed by atoms with E-state index in [1.165, 1.54) is 11.3 Å². The molecule has 7 heteroatoms. The normalized spacial score (nSPS) is 15.0. The van der Waals surface area contributed by atoms with E-state index >= 15 is 0 Å². The van der Waals surface area contributed by atoms with Crippen molar-refractivity contribution in [1.29, 1.82) is 0 Å². The van der Waals surface area contributed by atoms with E-state index in [9.17, 15) is 0 Å². The standard InChI is InChI=1S/C14H19N5OS/c1-9-11(13(20-3)18(2)17-9)8-19-5-4-12-10(7-19)6-15-14(21)16-12/h6H,4-5,7-8H2,1-3H3,(H,15,16,21).